The van der Waals surface area contributed by atoms with Crippen molar-refractivity contribution >= 4 is 34.9 Å². The normalized spacial score (nSPS) is 12.6. The molecule has 2 aromatic rings. The van der Waals surface area contributed by atoms with Crippen molar-refractivity contribution < 1.29 is 5.11 Å². The zero-order valence-electron chi connectivity index (χ0n) is 9.24. The van der Waals surface area contributed by atoms with Crippen LogP contribution in [-0.4, -0.2) is 27.3 Å². The van der Waals surface area contributed by atoms with Crippen molar-refractivity contribution in [1.29, 1.82) is 0 Å². The first-order chi connectivity index (χ1) is 8.29. The minimum Gasteiger partial charge on any atom is -0.388 e. The summed E-state index contributed by atoms with van der Waals surface area (Å²) in [5.74, 6) is 0.604. The second-order valence-corrected chi connectivity index (χ2v) is 6.57. The molecule has 3 nitrogen and oxygen atoms in total. The molecule has 2 rings (SSSR count). The van der Waals surface area contributed by atoms with Crippen LogP contribution in [0, 0.1) is 0 Å². The van der Waals surface area contributed by atoms with E-state index in [-0.39, 0.29) is 0 Å². The highest BCUT2D eigenvalue weighted by atomic mass is 32.2. The molecular formula is C11H12N2OS3. The zero-order valence-corrected chi connectivity index (χ0v) is 11.7. The Balaban J connectivity index is 1.90. The maximum Gasteiger partial charge on any atom is 0.175 e. The fraction of sp³-hybridized carbons (Fsp3) is 0.273. The molecule has 0 spiro atoms. The fourth-order valence-corrected chi connectivity index (χ4v) is 3.69. The van der Waals surface area contributed by atoms with Gasteiger partial charge in [0.05, 0.1) is 6.10 Å². The van der Waals surface area contributed by atoms with Crippen molar-refractivity contribution in [2.24, 2.45) is 0 Å². The highest BCUT2D eigenvalue weighted by Gasteiger charge is 2.10. The smallest absolute Gasteiger partial charge is 0.175 e. The molecule has 1 N–H and O–H groups in total. The van der Waals surface area contributed by atoms with Crippen LogP contribution < -0.4 is 0 Å². The molecule has 6 heteroatoms. The van der Waals surface area contributed by atoms with Crippen LogP contribution in [0.5, 0.6) is 0 Å². The maximum atomic E-state index is 9.98. The molecule has 1 unspecified atom stereocenters. The van der Waals surface area contributed by atoms with Gasteiger partial charge in [0.25, 0.3) is 0 Å². The fourth-order valence-electron chi connectivity index (χ4n) is 1.26. The van der Waals surface area contributed by atoms with E-state index in [1.54, 1.807) is 34.9 Å². The van der Waals surface area contributed by atoms with Gasteiger partial charge in [-0.1, -0.05) is 65.2 Å². The maximum absolute atomic E-state index is 9.98. The molecule has 0 fully saturated rings. The average molecular weight is 284 g/mol. The van der Waals surface area contributed by atoms with Gasteiger partial charge in [-0.2, -0.15) is 0 Å². The summed E-state index contributed by atoms with van der Waals surface area (Å²) in [6.07, 6.45) is 1.52. The van der Waals surface area contributed by atoms with Gasteiger partial charge in [-0.3, -0.25) is 0 Å². The summed E-state index contributed by atoms with van der Waals surface area (Å²) in [6, 6.07) is 9.66. The number of thioether (sulfide) groups is 2. The number of aliphatic hydroxyl groups excluding tert-OH is 1. The molecule has 0 aliphatic carbocycles. The summed E-state index contributed by atoms with van der Waals surface area (Å²) in [6.45, 7) is 0. The highest BCUT2D eigenvalue weighted by Crippen LogP contribution is 2.30. The van der Waals surface area contributed by atoms with Crippen LogP contribution in [0.3, 0.4) is 0 Å². The second kappa shape index (κ2) is 6.39. The number of hydrogen-bond acceptors (Lipinski definition) is 6. The SMILES string of the molecule is CSc1nnc(SCC(O)c2ccccc2)s1. The quantitative estimate of drug-likeness (QED) is 0.855. The summed E-state index contributed by atoms with van der Waals surface area (Å²) in [5.41, 5.74) is 0.939. The van der Waals surface area contributed by atoms with Crippen molar-refractivity contribution in [2.75, 3.05) is 12.0 Å². The summed E-state index contributed by atoms with van der Waals surface area (Å²) in [5, 5.41) is 18.0. The third-order valence-corrected chi connectivity index (χ3v) is 5.22. The Labute approximate surface area is 113 Å². The topological polar surface area (TPSA) is 46.0 Å². The Bertz CT molecular complexity index is 461. The van der Waals surface area contributed by atoms with Crippen molar-refractivity contribution in [1.82, 2.24) is 10.2 Å². The van der Waals surface area contributed by atoms with E-state index in [0.29, 0.717) is 5.75 Å². The van der Waals surface area contributed by atoms with Crippen molar-refractivity contribution in [3.8, 4) is 0 Å². The summed E-state index contributed by atoms with van der Waals surface area (Å²) in [7, 11) is 0. The first-order valence-corrected chi connectivity index (χ1v) is 8.05. The summed E-state index contributed by atoms with van der Waals surface area (Å²) >= 11 is 4.69. The minimum atomic E-state index is -0.456. The molecule has 90 valence electrons. The molecule has 0 amide bonds. The molecule has 0 saturated carbocycles. The van der Waals surface area contributed by atoms with Gasteiger partial charge in [-0.15, -0.1) is 10.2 Å². The molecule has 0 bridgehead atoms. The lowest BCUT2D eigenvalue weighted by Gasteiger charge is -2.08. The first kappa shape index (κ1) is 12.9. The molecule has 1 atom stereocenters. The van der Waals surface area contributed by atoms with Crippen LogP contribution in [0.4, 0.5) is 0 Å². The Morgan fingerprint density at radius 2 is 1.94 bits per heavy atom. The van der Waals surface area contributed by atoms with E-state index in [4.69, 9.17) is 0 Å². The predicted molar refractivity (Wildman–Crippen MR) is 73.8 cm³/mol. The van der Waals surface area contributed by atoms with Gasteiger partial charge in [0.15, 0.2) is 8.68 Å². The van der Waals surface area contributed by atoms with E-state index in [1.807, 2.05) is 36.6 Å². The Hall–Kier alpha value is -0.560. The van der Waals surface area contributed by atoms with E-state index < -0.39 is 6.10 Å². The van der Waals surface area contributed by atoms with E-state index >= 15 is 0 Å². The predicted octanol–water partition coefficient (Wildman–Crippen LogP) is 3.09. The number of benzene rings is 1. The van der Waals surface area contributed by atoms with Crippen LogP contribution in [-0.2, 0) is 0 Å². The van der Waals surface area contributed by atoms with Crippen LogP contribution in [0.15, 0.2) is 39.0 Å². The molecule has 17 heavy (non-hydrogen) atoms. The molecule has 1 heterocycles. The first-order valence-electron chi connectivity index (χ1n) is 5.03. The third-order valence-electron chi connectivity index (χ3n) is 2.11. The molecule has 1 aromatic heterocycles. The van der Waals surface area contributed by atoms with E-state index in [9.17, 15) is 5.11 Å². The van der Waals surface area contributed by atoms with E-state index in [0.717, 1.165) is 14.2 Å². The van der Waals surface area contributed by atoms with Gasteiger partial charge in [-0.25, -0.2) is 0 Å². The molecule has 0 aliphatic rings. The lowest BCUT2D eigenvalue weighted by atomic mass is 10.1. The van der Waals surface area contributed by atoms with Crippen LogP contribution >= 0.6 is 34.9 Å². The number of rotatable bonds is 5. The van der Waals surface area contributed by atoms with Crippen molar-refractivity contribution in [2.45, 2.75) is 14.8 Å². The van der Waals surface area contributed by atoms with Gasteiger partial charge < -0.3 is 5.11 Å². The van der Waals surface area contributed by atoms with Gasteiger partial charge in [0, 0.05) is 5.75 Å². The molecular weight excluding hydrogens is 272 g/mol. The number of hydrogen-bond donors (Lipinski definition) is 1. The summed E-state index contributed by atoms with van der Waals surface area (Å²) in [4.78, 5) is 0. The zero-order chi connectivity index (χ0) is 12.1. The Morgan fingerprint density at radius 3 is 2.59 bits per heavy atom. The van der Waals surface area contributed by atoms with Gasteiger partial charge in [-0.05, 0) is 11.8 Å². The largest absolute Gasteiger partial charge is 0.388 e. The van der Waals surface area contributed by atoms with E-state index in [1.165, 1.54) is 0 Å². The van der Waals surface area contributed by atoms with Crippen molar-refractivity contribution in [3.05, 3.63) is 35.9 Å². The van der Waals surface area contributed by atoms with Gasteiger partial charge in [0.2, 0.25) is 0 Å². The Kier molecular flexibility index (Phi) is 4.85. The summed E-state index contributed by atoms with van der Waals surface area (Å²) < 4.78 is 1.87. The average Bonchev–Trinajstić information content (AvgIpc) is 2.85. The number of nitrogens with zero attached hydrogens (tertiary/aromatic N) is 2. The van der Waals surface area contributed by atoms with Gasteiger partial charge in [0.1, 0.15) is 0 Å². The molecule has 0 radical (unpaired) electrons. The lowest BCUT2D eigenvalue weighted by Crippen LogP contribution is -1.99. The molecule has 0 saturated heterocycles. The number of aliphatic hydroxyl groups is 1. The van der Waals surface area contributed by atoms with E-state index in [2.05, 4.69) is 10.2 Å². The third kappa shape index (κ3) is 3.70. The second-order valence-electron chi connectivity index (χ2n) is 3.28. The van der Waals surface area contributed by atoms with Gasteiger partial charge >= 0.3 is 0 Å². The standard InChI is InChI=1S/C11H12N2OS3/c1-15-10-12-13-11(17-10)16-7-9(14)8-5-3-2-4-6-8/h2-6,9,14H,7H2,1H3. The lowest BCUT2D eigenvalue weighted by molar-refractivity contribution is 0.204. The minimum absolute atomic E-state index is 0.456. The monoisotopic (exact) mass is 284 g/mol. The Morgan fingerprint density at radius 1 is 1.24 bits per heavy atom. The number of aromatic nitrogens is 2. The van der Waals surface area contributed by atoms with Crippen molar-refractivity contribution in [3.63, 3.8) is 0 Å². The van der Waals surface area contributed by atoms with Crippen LogP contribution in [0.2, 0.25) is 0 Å². The molecule has 0 aliphatic heterocycles. The highest BCUT2D eigenvalue weighted by molar-refractivity contribution is 8.02. The molecule has 1 aromatic carbocycles. The van der Waals surface area contributed by atoms with Crippen LogP contribution in [0.1, 0.15) is 11.7 Å². The van der Waals surface area contributed by atoms with Crippen LogP contribution in [0.25, 0.3) is 0 Å².